The molecule has 2 aromatic rings. The third kappa shape index (κ3) is 4.07. The van der Waals surface area contributed by atoms with Crippen molar-refractivity contribution in [3.63, 3.8) is 0 Å². The minimum atomic E-state index is -0.113. The van der Waals surface area contributed by atoms with Gasteiger partial charge in [0, 0.05) is 55.4 Å². The van der Waals surface area contributed by atoms with Gasteiger partial charge in [0.25, 0.3) is 5.91 Å². The average molecular weight is 389 g/mol. The Balaban J connectivity index is 1.39. The second kappa shape index (κ2) is 7.69. The van der Waals surface area contributed by atoms with Gasteiger partial charge in [-0.1, -0.05) is 0 Å². The first-order chi connectivity index (χ1) is 13.0. The smallest absolute Gasteiger partial charge is 0.289 e. The Kier molecular flexibility index (Phi) is 5.29. The van der Waals surface area contributed by atoms with Crippen LogP contribution in [-0.2, 0) is 19.5 Å². The predicted molar refractivity (Wildman–Crippen MR) is 106 cm³/mol. The molecule has 7 nitrogen and oxygen atoms in total. The monoisotopic (exact) mass is 388 g/mol. The van der Waals surface area contributed by atoms with Crippen molar-refractivity contribution in [2.45, 2.75) is 26.4 Å². The molecule has 2 aliphatic rings. The van der Waals surface area contributed by atoms with Crippen LogP contribution in [0.15, 0.2) is 12.1 Å². The van der Waals surface area contributed by atoms with Gasteiger partial charge in [0.15, 0.2) is 0 Å². The van der Waals surface area contributed by atoms with Crippen LogP contribution in [0.4, 0.5) is 0 Å². The zero-order valence-corrected chi connectivity index (χ0v) is 17.1. The number of rotatable bonds is 6. The number of hydrogen-bond donors (Lipinski definition) is 1. The van der Waals surface area contributed by atoms with Gasteiger partial charge in [0.1, 0.15) is 5.82 Å². The van der Waals surface area contributed by atoms with Crippen LogP contribution in [0.2, 0.25) is 0 Å². The maximum atomic E-state index is 12.5. The van der Waals surface area contributed by atoms with Gasteiger partial charge >= 0.3 is 0 Å². The SMILES string of the molecule is Cc1ccc(CN2CC3Cc4nnc(C(=O)NCCN(C)C)n4CC3C2)s1. The van der Waals surface area contributed by atoms with E-state index in [4.69, 9.17) is 0 Å². The Labute approximate surface area is 164 Å². The molecule has 146 valence electrons. The van der Waals surface area contributed by atoms with E-state index in [0.717, 1.165) is 45.0 Å². The van der Waals surface area contributed by atoms with Gasteiger partial charge < -0.3 is 14.8 Å². The number of likely N-dealkylation sites (tertiary alicyclic amines) is 1. The maximum Gasteiger partial charge on any atom is 0.289 e. The first kappa shape index (κ1) is 18.6. The number of nitrogens with zero attached hydrogens (tertiary/aromatic N) is 5. The molecule has 27 heavy (non-hydrogen) atoms. The number of carbonyl (C=O) groups is 1. The average Bonchev–Trinajstić information content (AvgIpc) is 3.30. The van der Waals surface area contributed by atoms with Crippen LogP contribution in [0.25, 0.3) is 0 Å². The molecule has 1 saturated heterocycles. The Bertz CT molecular complexity index is 813. The number of fused-ring (bicyclic) bond motifs is 2. The Morgan fingerprint density at radius 1 is 1.26 bits per heavy atom. The number of amides is 1. The Morgan fingerprint density at radius 2 is 2.07 bits per heavy atom. The number of nitrogens with one attached hydrogen (secondary N) is 1. The number of aryl methyl sites for hydroxylation is 1. The van der Waals surface area contributed by atoms with E-state index in [1.54, 1.807) is 0 Å². The number of hydrogen-bond acceptors (Lipinski definition) is 6. The minimum absolute atomic E-state index is 0.113. The lowest BCUT2D eigenvalue weighted by molar-refractivity contribution is 0.0932. The molecule has 0 spiro atoms. The molecule has 0 radical (unpaired) electrons. The second-order valence-electron chi connectivity index (χ2n) is 8.04. The van der Waals surface area contributed by atoms with Crippen LogP contribution >= 0.6 is 11.3 Å². The molecule has 2 unspecified atom stereocenters. The highest BCUT2D eigenvalue weighted by atomic mass is 32.1. The minimum Gasteiger partial charge on any atom is -0.348 e. The third-order valence-electron chi connectivity index (χ3n) is 5.56. The molecule has 0 aromatic carbocycles. The van der Waals surface area contributed by atoms with E-state index in [0.29, 0.717) is 24.2 Å². The topological polar surface area (TPSA) is 66.3 Å². The summed E-state index contributed by atoms with van der Waals surface area (Å²) in [6, 6.07) is 4.44. The third-order valence-corrected chi connectivity index (χ3v) is 6.55. The molecule has 4 rings (SSSR count). The first-order valence-corrected chi connectivity index (χ1v) is 10.4. The van der Waals surface area contributed by atoms with Gasteiger partial charge in [-0.25, -0.2) is 0 Å². The molecular weight excluding hydrogens is 360 g/mol. The van der Waals surface area contributed by atoms with Crippen LogP contribution in [-0.4, -0.2) is 70.7 Å². The van der Waals surface area contributed by atoms with Gasteiger partial charge in [-0.15, -0.1) is 21.5 Å². The summed E-state index contributed by atoms with van der Waals surface area (Å²) in [5.74, 6) is 2.51. The number of carbonyl (C=O) groups excluding carboxylic acids is 1. The quantitative estimate of drug-likeness (QED) is 0.807. The molecule has 0 aliphatic carbocycles. The molecule has 4 heterocycles. The van der Waals surface area contributed by atoms with Gasteiger partial charge in [0.2, 0.25) is 5.82 Å². The fraction of sp³-hybridized carbons (Fsp3) is 0.632. The lowest BCUT2D eigenvalue weighted by Gasteiger charge is -2.25. The zero-order chi connectivity index (χ0) is 19.0. The summed E-state index contributed by atoms with van der Waals surface area (Å²) >= 11 is 1.89. The lowest BCUT2D eigenvalue weighted by Crippen LogP contribution is -2.35. The zero-order valence-electron chi connectivity index (χ0n) is 16.3. The number of thiophene rings is 1. The highest BCUT2D eigenvalue weighted by Crippen LogP contribution is 2.33. The number of likely N-dealkylation sites (N-methyl/N-ethyl adjacent to an activating group) is 1. The Hall–Kier alpha value is -1.77. The highest BCUT2D eigenvalue weighted by Gasteiger charge is 2.39. The van der Waals surface area contributed by atoms with Crippen LogP contribution in [0, 0.1) is 18.8 Å². The van der Waals surface area contributed by atoms with Crippen molar-refractivity contribution >= 4 is 17.2 Å². The molecule has 1 fully saturated rings. The van der Waals surface area contributed by atoms with Crippen molar-refractivity contribution in [3.05, 3.63) is 33.5 Å². The normalized spacial score (nSPS) is 22.1. The van der Waals surface area contributed by atoms with E-state index in [-0.39, 0.29) is 5.91 Å². The lowest BCUT2D eigenvalue weighted by atomic mass is 9.89. The number of aromatic nitrogens is 3. The molecule has 2 aromatic heterocycles. The van der Waals surface area contributed by atoms with Crippen LogP contribution in [0.1, 0.15) is 26.2 Å². The molecule has 0 saturated carbocycles. The van der Waals surface area contributed by atoms with Crippen molar-refractivity contribution in [2.24, 2.45) is 11.8 Å². The standard InChI is InChI=1S/C19H28N6OS/c1-13-4-5-16(27-13)12-24-9-14-8-17-21-22-18(25(17)11-15(14)10-24)19(26)20-6-7-23(2)3/h4-5,14-15H,6-12H2,1-3H3,(H,20,26). The van der Waals surface area contributed by atoms with E-state index >= 15 is 0 Å². The van der Waals surface area contributed by atoms with E-state index < -0.39 is 0 Å². The summed E-state index contributed by atoms with van der Waals surface area (Å²) < 4.78 is 2.05. The van der Waals surface area contributed by atoms with Crippen LogP contribution in [0.3, 0.4) is 0 Å². The fourth-order valence-corrected chi connectivity index (χ4v) is 5.11. The summed E-state index contributed by atoms with van der Waals surface area (Å²) in [6.07, 6.45) is 0.919. The molecule has 2 aliphatic heterocycles. The molecule has 1 amide bonds. The molecule has 0 bridgehead atoms. The van der Waals surface area contributed by atoms with Gasteiger partial charge in [-0.2, -0.15) is 0 Å². The molecule has 1 N–H and O–H groups in total. The van der Waals surface area contributed by atoms with Gasteiger partial charge in [-0.05, 0) is 45.0 Å². The van der Waals surface area contributed by atoms with E-state index in [1.807, 2.05) is 34.9 Å². The summed E-state index contributed by atoms with van der Waals surface area (Å²) in [5.41, 5.74) is 0. The largest absolute Gasteiger partial charge is 0.348 e. The van der Waals surface area contributed by atoms with Gasteiger partial charge in [0.05, 0.1) is 0 Å². The van der Waals surface area contributed by atoms with Crippen molar-refractivity contribution in [2.75, 3.05) is 40.3 Å². The van der Waals surface area contributed by atoms with Crippen LogP contribution in [0.5, 0.6) is 0 Å². The highest BCUT2D eigenvalue weighted by molar-refractivity contribution is 7.11. The summed E-state index contributed by atoms with van der Waals surface area (Å²) in [4.78, 5) is 19.9. The van der Waals surface area contributed by atoms with Crippen LogP contribution < -0.4 is 5.32 Å². The summed E-state index contributed by atoms with van der Waals surface area (Å²) in [6.45, 7) is 7.67. The summed E-state index contributed by atoms with van der Waals surface area (Å²) in [7, 11) is 3.99. The molecular formula is C19H28N6OS. The maximum absolute atomic E-state index is 12.5. The van der Waals surface area contributed by atoms with Crippen molar-refractivity contribution in [1.29, 1.82) is 0 Å². The van der Waals surface area contributed by atoms with E-state index in [2.05, 4.69) is 39.5 Å². The van der Waals surface area contributed by atoms with Crippen molar-refractivity contribution < 1.29 is 4.79 Å². The predicted octanol–water partition coefficient (Wildman–Crippen LogP) is 1.24. The van der Waals surface area contributed by atoms with E-state index in [1.165, 1.54) is 9.75 Å². The summed E-state index contributed by atoms with van der Waals surface area (Å²) in [5, 5.41) is 11.5. The fourth-order valence-electron chi connectivity index (χ4n) is 4.18. The Morgan fingerprint density at radius 3 is 2.81 bits per heavy atom. The van der Waals surface area contributed by atoms with Crippen molar-refractivity contribution in [1.82, 2.24) is 29.9 Å². The second-order valence-corrected chi connectivity index (χ2v) is 9.41. The molecule has 8 heteroatoms. The molecule has 2 atom stereocenters. The van der Waals surface area contributed by atoms with E-state index in [9.17, 15) is 4.79 Å². The first-order valence-electron chi connectivity index (χ1n) is 9.62. The van der Waals surface area contributed by atoms with Gasteiger partial charge in [-0.3, -0.25) is 9.69 Å². The van der Waals surface area contributed by atoms with Crippen molar-refractivity contribution in [3.8, 4) is 0 Å².